The quantitative estimate of drug-likeness (QED) is 0.731. The van der Waals surface area contributed by atoms with Crippen molar-refractivity contribution in [3.8, 4) is 0 Å². The normalized spacial score (nSPS) is 23.1. The smallest absolute Gasteiger partial charge is 0.310 e. The maximum atomic E-state index is 12.2. The van der Waals surface area contributed by atoms with E-state index in [0.717, 1.165) is 11.1 Å². The van der Waals surface area contributed by atoms with Gasteiger partial charge in [-0.25, -0.2) is 0 Å². The number of ether oxygens (including phenoxy) is 1. The van der Waals surface area contributed by atoms with Crippen LogP contribution in [0, 0.1) is 5.92 Å². The Balaban J connectivity index is 1.90. The van der Waals surface area contributed by atoms with Crippen LogP contribution in [0.25, 0.3) is 0 Å². The molecule has 22 heavy (non-hydrogen) atoms. The maximum Gasteiger partial charge on any atom is 0.310 e. The number of halogens is 2. The Labute approximate surface area is 140 Å². The van der Waals surface area contributed by atoms with Gasteiger partial charge in [-0.05, 0) is 42.3 Å². The predicted octanol–water partition coefficient (Wildman–Crippen LogP) is 5.05. The highest BCUT2D eigenvalue weighted by Crippen LogP contribution is 2.61. The van der Waals surface area contributed by atoms with Crippen molar-refractivity contribution in [2.24, 2.45) is 5.92 Å². The summed E-state index contributed by atoms with van der Waals surface area (Å²) in [6.07, 6.45) is 0. The molecule has 0 aliphatic heterocycles. The zero-order valence-corrected chi connectivity index (χ0v) is 13.6. The Bertz CT molecular complexity index is 613. The van der Waals surface area contributed by atoms with Gasteiger partial charge >= 0.3 is 5.97 Å². The first-order chi connectivity index (χ1) is 10.6. The lowest BCUT2D eigenvalue weighted by Crippen LogP contribution is -2.08. The van der Waals surface area contributed by atoms with Crippen molar-refractivity contribution >= 4 is 29.2 Å². The Kier molecular flexibility index (Phi) is 4.42. The van der Waals surface area contributed by atoms with Gasteiger partial charge in [-0.3, -0.25) is 4.79 Å². The van der Waals surface area contributed by atoms with Crippen molar-refractivity contribution in [1.29, 1.82) is 0 Å². The molecule has 3 rings (SSSR count). The molecule has 0 amide bonds. The van der Waals surface area contributed by atoms with Crippen LogP contribution < -0.4 is 0 Å². The SMILES string of the molecule is CCOC(=O)C1[C@@H](c2ccc(Cl)cc2)[C@@H]1c1ccc(Cl)cc1. The molecule has 0 unspecified atom stereocenters. The molecule has 0 radical (unpaired) electrons. The maximum absolute atomic E-state index is 12.2. The van der Waals surface area contributed by atoms with Crippen molar-refractivity contribution in [2.75, 3.05) is 6.61 Å². The van der Waals surface area contributed by atoms with E-state index in [0.29, 0.717) is 16.7 Å². The van der Waals surface area contributed by atoms with Crippen molar-refractivity contribution in [3.05, 3.63) is 69.7 Å². The number of esters is 1. The summed E-state index contributed by atoms with van der Waals surface area (Å²) in [6.45, 7) is 2.23. The van der Waals surface area contributed by atoms with Crippen LogP contribution in [0.5, 0.6) is 0 Å². The predicted molar refractivity (Wildman–Crippen MR) is 88.5 cm³/mol. The number of benzene rings is 2. The highest BCUT2D eigenvalue weighted by atomic mass is 35.5. The van der Waals surface area contributed by atoms with Gasteiger partial charge in [-0.2, -0.15) is 0 Å². The van der Waals surface area contributed by atoms with E-state index >= 15 is 0 Å². The molecule has 2 aromatic carbocycles. The van der Waals surface area contributed by atoms with E-state index in [1.807, 2.05) is 55.5 Å². The third-order valence-electron chi connectivity index (χ3n) is 4.09. The van der Waals surface area contributed by atoms with Gasteiger partial charge < -0.3 is 4.74 Å². The summed E-state index contributed by atoms with van der Waals surface area (Å²) >= 11 is 11.9. The second kappa shape index (κ2) is 6.31. The fraction of sp³-hybridized carbons (Fsp3) is 0.278. The van der Waals surface area contributed by atoms with Gasteiger partial charge in [0.2, 0.25) is 0 Å². The monoisotopic (exact) mass is 334 g/mol. The third kappa shape index (κ3) is 2.99. The van der Waals surface area contributed by atoms with Gasteiger partial charge in [0, 0.05) is 21.9 Å². The number of hydrogen-bond donors (Lipinski definition) is 0. The number of hydrogen-bond acceptors (Lipinski definition) is 2. The second-order valence-electron chi connectivity index (χ2n) is 5.43. The van der Waals surface area contributed by atoms with E-state index in [1.54, 1.807) is 0 Å². The molecule has 2 atom stereocenters. The molecule has 1 aliphatic carbocycles. The molecule has 1 aliphatic rings. The first-order valence-electron chi connectivity index (χ1n) is 7.29. The molecule has 0 aromatic heterocycles. The number of carbonyl (C=O) groups is 1. The highest BCUT2D eigenvalue weighted by Gasteiger charge is 2.56. The fourth-order valence-electron chi connectivity index (χ4n) is 3.04. The minimum Gasteiger partial charge on any atom is -0.466 e. The van der Waals surface area contributed by atoms with Crippen LogP contribution in [0.4, 0.5) is 0 Å². The zero-order chi connectivity index (χ0) is 15.7. The molecule has 4 heteroatoms. The lowest BCUT2D eigenvalue weighted by atomic mass is 10.0. The van der Waals surface area contributed by atoms with E-state index < -0.39 is 0 Å². The van der Waals surface area contributed by atoms with Crippen LogP contribution in [0.15, 0.2) is 48.5 Å². The second-order valence-corrected chi connectivity index (χ2v) is 6.31. The average Bonchev–Trinajstić information content (AvgIpc) is 3.24. The van der Waals surface area contributed by atoms with Crippen molar-refractivity contribution in [2.45, 2.75) is 18.8 Å². The molecule has 0 N–H and O–H groups in total. The van der Waals surface area contributed by atoms with E-state index in [1.165, 1.54) is 0 Å². The summed E-state index contributed by atoms with van der Waals surface area (Å²) in [5.41, 5.74) is 2.23. The summed E-state index contributed by atoms with van der Waals surface area (Å²) in [4.78, 5) is 12.2. The van der Waals surface area contributed by atoms with Crippen molar-refractivity contribution < 1.29 is 9.53 Å². The van der Waals surface area contributed by atoms with Crippen molar-refractivity contribution in [1.82, 2.24) is 0 Å². The summed E-state index contributed by atoms with van der Waals surface area (Å²) < 4.78 is 5.23. The molecule has 114 valence electrons. The van der Waals surface area contributed by atoms with Gasteiger partial charge in [-0.1, -0.05) is 47.5 Å². The average molecular weight is 335 g/mol. The van der Waals surface area contributed by atoms with Crippen LogP contribution in [0.1, 0.15) is 29.9 Å². The van der Waals surface area contributed by atoms with Gasteiger partial charge in [0.15, 0.2) is 0 Å². The van der Waals surface area contributed by atoms with E-state index in [2.05, 4.69) is 0 Å². The zero-order valence-electron chi connectivity index (χ0n) is 12.1. The lowest BCUT2D eigenvalue weighted by Gasteiger charge is -2.01. The van der Waals surface area contributed by atoms with Crippen LogP contribution in [0.3, 0.4) is 0 Å². The topological polar surface area (TPSA) is 26.3 Å². The summed E-state index contributed by atoms with van der Waals surface area (Å²) in [7, 11) is 0. The Morgan fingerprint density at radius 3 is 1.68 bits per heavy atom. The molecule has 2 aromatic rings. The van der Waals surface area contributed by atoms with Crippen LogP contribution >= 0.6 is 23.2 Å². The minimum atomic E-state index is -0.137. The Hall–Kier alpha value is -1.51. The Morgan fingerprint density at radius 2 is 1.32 bits per heavy atom. The molecule has 1 fully saturated rings. The molecule has 0 bridgehead atoms. The molecular weight excluding hydrogens is 319 g/mol. The first-order valence-corrected chi connectivity index (χ1v) is 8.05. The molecule has 1 saturated carbocycles. The fourth-order valence-corrected chi connectivity index (χ4v) is 3.29. The standard InChI is InChI=1S/C18H16Cl2O2/c1-2-22-18(21)17-15(11-3-7-13(19)8-4-11)16(17)12-5-9-14(20)10-6-12/h3-10,15-17H,2H2,1H3/t15-,16-/m0/s1. The molecule has 0 spiro atoms. The van der Waals surface area contributed by atoms with E-state index in [4.69, 9.17) is 27.9 Å². The van der Waals surface area contributed by atoms with E-state index in [-0.39, 0.29) is 23.7 Å². The summed E-state index contributed by atoms with van der Waals surface area (Å²) in [5.74, 6) is -0.000291. The molecule has 2 nitrogen and oxygen atoms in total. The van der Waals surface area contributed by atoms with Gasteiger partial charge in [0.05, 0.1) is 12.5 Å². The van der Waals surface area contributed by atoms with Crippen LogP contribution in [-0.4, -0.2) is 12.6 Å². The highest BCUT2D eigenvalue weighted by molar-refractivity contribution is 6.30. The summed E-state index contributed by atoms with van der Waals surface area (Å²) in [5, 5.41) is 1.39. The minimum absolute atomic E-state index is 0.137. The molecule has 0 saturated heterocycles. The van der Waals surface area contributed by atoms with Crippen LogP contribution in [-0.2, 0) is 9.53 Å². The van der Waals surface area contributed by atoms with Crippen LogP contribution in [0.2, 0.25) is 10.0 Å². The van der Waals surface area contributed by atoms with Gasteiger partial charge in [0.1, 0.15) is 0 Å². The van der Waals surface area contributed by atoms with E-state index in [9.17, 15) is 4.79 Å². The Morgan fingerprint density at radius 1 is 0.909 bits per heavy atom. The third-order valence-corrected chi connectivity index (χ3v) is 4.59. The number of rotatable bonds is 4. The summed E-state index contributed by atoms with van der Waals surface area (Å²) in [6, 6.07) is 15.4. The lowest BCUT2D eigenvalue weighted by molar-refractivity contribution is -0.144. The van der Waals surface area contributed by atoms with Gasteiger partial charge in [-0.15, -0.1) is 0 Å². The number of carbonyl (C=O) groups excluding carboxylic acids is 1. The van der Waals surface area contributed by atoms with Crippen molar-refractivity contribution in [3.63, 3.8) is 0 Å². The largest absolute Gasteiger partial charge is 0.466 e. The molecule has 0 heterocycles. The van der Waals surface area contributed by atoms with Gasteiger partial charge in [0.25, 0.3) is 0 Å². The molecular formula is C18H16Cl2O2. The first kappa shape index (κ1) is 15.4.